The first-order valence-corrected chi connectivity index (χ1v) is 4.01. The van der Waals surface area contributed by atoms with E-state index in [1.54, 1.807) is 6.92 Å². The van der Waals surface area contributed by atoms with Crippen LogP contribution in [0.3, 0.4) is 0 Å². The standard InChI is InChI=1S/C8H6ClF3N2/c1-5-4-13-3-2-6(5)14-7(9)8(10,11)12/h2-4H,1H3. The van der Waals surface area contributed by atoms with Gasteiger partial charge in [-0.3, -0.25) is 4.98 Å². The molecule has 1 rings (SSSR count). The van der Waals surface area contributed by atoms with E-state index in [0.717, 1.165) is 0 Å². The molecule has 0 unspecified atom stereocenters. The van der Waals surface area contributed by atoms with Gasteiger partial charge in [0.15, 0.2) is 0 Å². The molecule has 0 aliphatic heterocycles. The Kier molecular flexibility index (Phi) is 3.10. The van der Waals surface area contributed by atoms with Crippen molar-refractivity contribution in [3.8, 4) is 0 Å². The van der Waals surface area contributed by atoms with Crippen molar-refractivity contribution in [2.75, 3.05) is 0 Å². The van der Waals surface area contributed by atoms with Crippen LogP contribution in [0.25, 0.3) is 0 Å². The number of aliphatic imine (C=N–C) groups is 1. The summed E-state index contributed by atoms with van der Waals surface area (Å²) in [5.41, 5.74) is 0.706. The Balaban J connectivity index is 3.04. The second kappa shape index (κ2) is 3.96. The number of aromatic nitrogens is 1. The van der Waals surface area contributed by atoms with Crippen LogP contribution in [0.4, 0.5) is 18.9 Å². The Morgan fingerprint density at radius 1 is 1.50 bits per heavy atom. The van der Waals surface area contributed by atoms with E-state index in [2.05, 4.69) is 9.98 Å². The van der Waals surface area contributed by atoms with Gasteiger partial charge in [0, 0.05) is 12.4 Å². The quantitative estimate of drug-likeness (QED) is 0.670. The van der Waals surface area contributed by atoms with Gasteiger partial charge in [0.1, 0.15) is 0 Å². The molecule has 1 aromatic heterocycles. The average Bonchev–Trinajstić information content (AvgIpc) is 2.07. The minimum absolute atomic E-state index is 0.169. The molecule has 0 saturated heterocycles. The molecule has 14 heavy (non-hydrogen) atoms. The van der Waals surface area contributed by atoms with Crippen LogP contribution in [0.2, 0.25) is 0 Å². The fourth-order valence-electron chi connectivity index (χ4n) is 0.761. The summed E-state index contributed by atoms with van der Waals surface area (Å²) in [4.78, 5) is 6.97. The SMILES string of the molecule is Cc1cnccc1N=C(Cl)C(F)(F)F. The van der Waals surface area contributed by atoms with Gasteiger partial charge in [-0.15, -0.1) is 0 Å². The average molecular weight is 223 g/mol. The second-order valence-corrected chi connectivity index (χ2v) is 2.92. The molecule has 0 saturated carbocycles. The maximum absolute atomic E-state index is 12.0. The van der Waals surface area contributed by atoms with Crippen molar-refractivity contribution in [1.29, 1.82) is 0 Å². The number of hydrogen-bond donors (Lipinski definition) is 0. The number of alkyl halides is 3. The Bertz CT molecular complexity index is 360. The Labute approximate surface area is 83.4 Å². The van der Waals surface area contributed by atoms with Gasteiger partial charge in [-0.25, -0.2) is 4.99 Å². The van der Waals surface area contributed by atoms with E-state index in [1.165, 1.54) is 18.5 Å². The Morgan fingerprint density at radius 2 is 2.14 bits per heavy atom. The third-order valence-electron chi connectivity index (χ3n) is 1.44. The van der Waals surface area contributed by atoms with Gasteiger partial charge in [-0.2, -0.15) is 13.2 Å². The summed E-state index contributed by atoms with van der Waals surface area (Å²) < 4.78 is 36.0. The van der Waals surface area contributed by atoms with Crippen molar-refractivity contribution < 1.29 is 13.2 Å². The lowest BCUT2D eigenvalue weighted by Gasteiger charge is -2.04. The highest BCUT2D eigenvalue weighted by Crippen LogP contribution is 2.24. The summed E-state index contributed by atoms with van der Waals surface area (Å²) >= 11 is 4.97. The molecule has 0 amide bonds. The van der Waals surface area contributed by atoms with Crippen molar-refractivity contribution in [3.63, 3.8) is 0 Å². The minimum Gasteiger partial charge on any atom is -0.264 e. The van der Waals surface area contributed by atoms with E-state index in [0.29, 0.717) is 5.56 Å². The van der Waals surface area contributed by atoms with Gasteiger partial charge in [0.2, 0.25) is 5.17 Å². The molecular weight excluding hydrogens is 217 g/mol. The Hall–Kier alpha value is -1.10. The third-order valence-corrected chi connectivity index (χ3v) is 1.74. The number of rotatable bonds is 1. The molecule has 0 aromatic carbocycles. The fourth-order valence-corrected chi connectivity index (χ4v) is 0.852. The smallest absolute Gasteiger partial charge is 0.264 e. The minimum atomic E-state index is -4.60. The molecule has 0 aliphatic carbocycles. The van der Waals surface area contributed by atoms with E-state index in [4.69, 9.17) is 11.6 Å². The van der Waals surface area contributed by atoms with Crippen LogP contribution in [0, 0.1) is 6.92 Å². The lowest BCUT2D eigenvalue weighted by molar-refractivity contribution is -0.0558. The number of halogens is 4. The van der Waals surface area contributed by atoms with Crippen LogP contribution in [0.1, 0.15) is 5.56 Å². The van der Waals surface area contributed by atoms with Gasteiger partial charge >= 0.3 is 6.18 Å². The number of nitrogens with zero attached hydrogens (tertiary/aromatic N) is 2. The Morgan fingerprint density at radius 3 is 2.64 bits per heavy atom. The van der Waals surface area contributed by atoms with Crippen LogP contribution < -0.4 is 0 Å². The topological polar surface area (TPSA) is 25.2 Å². The zero-order valence-electron chi connectivity index (χ0n) is 7.14. The highest BCUT2D eigenvalue weighted by atomic mass is 35.5. The molecule has 76 valence electrons. The largest absolute Gasteiger partial charge is 0.444 e. The number of hydrogen-bond acceptors (Lipinski definition) is 2. The number of pyridine rings is 1. The van der Waals surface area contributed by atoms with Crippen LogP contribution >= 0.6 is 11.6 Å². The molecular formula is C8H6ClF3N2. The monoisotopic (exact) mass is 222 g/mol. The van der Waals surface area contributed by atoms with Crippen molar-refractivity contribution >= 4 is 22.5 Å². The van der Waals surface area contributed by atoms with Crippen molar-refractivity contribution in [3.05, 3.63) is 24.0 Å². The molecule has 6 heteroatoms. The van der Waals surface area contributed by atoms with E-state index in [1.807, 2.05) is 0 Å². The summed E-state index contributed by atoms with van der Waals surface area (Å²) in [7, 11) is 0. The first-order valence-electron chi connectivity index (χ1n) is 3.63. The molecule has 2 nitrogen and oxygen atoms in total. The number of aryl methyl sites for hydroxylation is 1. The molecule has 0 radical (unpaired) electrons. The summed E-state index contributed by atoms with van der Waals surface area (Å²) in [6, 6.07) is 1.36. The van der Waals surface area contributed by atoms with Gasteiger partial charge < -0.3 is 0 Å². The maximum atomic E-state index is 12.0. The summed E-state index contributed by atoms with van der Waals surface area (Å²) in [5, 5.41) is -1.38. The van der Waals surface area contributed by atoms with Crippen molar-refractivity contribution in [2.45, 2.75) is 13.1 Å². The molecule has 0 bridgehead atoms. The van der Waals surface area contributed by atoms with Crippen molar-refractivity contribution in [1.82, 2.24) is 4.98 Å². The zero-order valence-corrected chi connectivity index (χ0v) is 7.89. The maximum Gasteiger partial charge on any atom is 0.444 e. The van der Waals surface area contributed by atoms with Gasteiger partial charge in [-0.1, -0.05) is 11.6 Å². The summed E-state index contributed by atoms with van der Waals surface area (Å²) in [6.45, 7) is 1.60. The van der Waals surface area contributed by atoms with E-state index in [-0.39, 0.29) is 5.69 Å². The molecule has 0 atom stereocenters. The van der Waals surface area contributed by atoms with Crippen LogP contribution in [0.15, 0.2) is 23.5 Å². The first kappa shape index (κ1) is 11.0. The van der Waals surface area contributed by atoms with E-state index in [9.17, 15) is 13.2 Å². The van der Waals surface area contributed by atoms with E-state index < -0.39 is 11.3 Å². The molecule has 0 fully saturated rings. The molecule has 0 spiro atoms. The van der Waals surface area contributed by atoms with E-state index >= 15 is 0 Å². The van der Waals surface area contributed by atoms with Gasteiger partial charge in [0.25, 0.3) is 0 Å². The normalized spacial score (nSPS) is 13.1. The highest BCUT2D eigenvalue weighted by Gasteiger charge is 2.34. The third kappa shape index (κ3) is 2.70. The molecule has 1 heterocycles. The zero-order chi connectivity index (χ0) is 10.8. The predicted molar refractivity (Wildman–Crippen MR) is 48.0 cm³/mol. The lowest BCUT2D eigenvalue weighted by atomic mass is 10.3. The van der Waals surface area contributed by atoms with Crippen LogP contribution in [-0.4, -0.2) is 16.3 Å². The molecule has 0 N–H and O–H groups in total. The summed E-state index contributed by atoms with van der Waals surface area (Å²) in [5.74, 6) is 0. The summed E-state index contributed by atoms with van der Waals surface area (Å²) in [6.07, 6.45) is -1.83. The van der Waals surface area contributed by atoms with Gasteiger partial charge in [0.05, 0.1) is 5.69 Å². The van der Waals surface area contributed by atoms with Crippen LogP contribution in [0.5, 0.6) is 0 Å². The first-order chi connectivity index (χ1) is 6.41. The fraction of sp³-hybridized carbons (Fsp3) is 0.250. The molecule has 0 aliphatic rings. The predicted octanol–water partition coefficient (Wildman–Crippen LogP) is 3.22. The highest BCUT2D eigenvalue weighted by molar-refractivity contribution is 6.67. The van der Waals surface area contributed by atoms with Crippen LogP contribution in [-0.2, 0) is 0 Å². The second-order valence-electron chi connectivity index (χ2n) is 2.56. The molecule has 1 aromatic rings. The van der Waals surface area contributed by atoms with Gasteiger partial charge in [-0.05, 0) is 18.6 Å². The lowest BCUT2D eigenvalue weighted by Crippen LogP contribution is -2.16. The van der Waals surface area contributed by atoms with Crippen molar-refractivity contribution in [2.24, 2.45) is 4.99 Å².